The van der Waals surface area contributed by atoms with Gasteiger partial charge in [-0.25, -0.2) is 4.39 Å². The molecule has 6 heteroatoms. The van der Waals surface area contributed by atoms with Crippen molar-refractivity contribution < 1.29 is 22.0 Å². The van der Waals surface area contributed by atoms with Crippen molar-refractivity contribution in [3.8, 4) is 0 Å². The Balaban J connectivity index is 4.11. The van der Waals surface area contributed by atoms with Crippen LogP contribution in [0.25, 0.3) is 0 Å². The SMILES string of the molecule is FC(F)=CC(F)C(F)(F)Br. The van der Waals surface area contributed by atoms with Gasteiger partial charge in [-0.05, 0) is 15.9 Å². The average Bonchev–Trinajstić information content (AvgIpc) is 1.60. The van der Waals surface area contributed by atoms with Gasteiger partial charge in [0.25, 0.3) is 6.08 Å². The van der Waals surface area contributed by atoms with Crippen molar-refractivity contribution in [2.75, 3.05) is 0 Å². The van der Waals surface area contributed by atoms with Crippen LogP contribution in [0.15, 0.2) is 12.2 Å². The highest BCUT2D eigenvalue weighted by Gasteiger charge is 2.35. The largest absolute Gasteiger partial charge is 0.335 e. The molecule has 0 nitrogen and oxygen atoms in total. The molecular formula is C4H2BrF5. The van der Waals surface area contributed by atoms with E-state index in [9.17, 15) is 22.0 Å². The van der Waals surface area contributed by atoms with E-state index in [1.165, 1.54) is 0 Å². The first-order valence-electron chi connectivity index (χ1n) is 2.07. The van der Waals surface area contributed by atoms with Gasteiger partial charge in [0.15, 0.2) is 6.17 Å². The van der Waals surface area contributed by atoms with Gasteiger partial charge in [-0.3, -0.25) is 0 Å². The van der Waals surface area contributed by atoms with Gasteiger partial charge in [-0.15, -0.1) is 0 Å². The third kappa shape index (κ3) is 3.81. The molecule has 0 aliphatic rings. The molecule has 0 N–H and O–H groups in total. The summed E-state index contributed by atoms with van der Waals surface area (Å²) in [6, 6.07) is 0. The van der Waals surface area contributed by atoms with Crippen LogP contribution in [0.5, 0.6) is 0 Å². The van der Waals surface area contributed by atoms with E-state index in [4.69, 9.17) is 0 Å². The Hall–Kier alpha value is -0.130. The van der Waals surface area contributed by atoms with E-state index < -0.39 is 23.2 Å². The van der Waals surface area contributed by atoms with E-state index in [1.807, 2.05) is 0 Å². The molecule has 0 radical (unpaired) electrons. The number of rotatable bonds is 2. The fourth-order valence-electron chi connectivity index (χ4n) is 0.205. The Labute approximate surface area is 61.8 Å². The molecule has 1 atom stereocenters. The maximum Gasteiger partial charge on any atom is 0.335 e. The summed E-state index contributed by atoms with van der Waals surface area (Å²) in [6.07, 6.45) is -5.92. The van der Waals surface area contributed by atoms with Crippen molar-refractivity contribution in [1.82, 2.24) is 0 Å². The standard InChI is InChI=1S/C4H2BrF5/c5-4(9,10)2(6)1-3(7)8/h1-2H. The van der Waals surface area contributed by atoms with Crippen molar-refractivity contribution in [3.63, 3.8) is 0 Å². The van der Waals surface area contributed by atoms with E-state index in [-0.39, 0.29) is 0 Å². The second-order valence-corrected chi connectivity index (χ2v) is 2.46. The van der Waals surface area contributed by atoms with Gasteiger partial charge in [-0.1, -0.05) is 0 Å². The molecule has 60 valence electrons. The lowest BCUT2D eigenvalue weighted by Crippen LogP contribution is -2.19. The summed E-state index contributed by atoms with van der Waals surface area (Å²) in [5.74, 6) is 0. The fraction of sp³-hybridized carbons (Fsp3) is 0.500. The first-order valence-corrected chi connectivity index (χ1v) is 2.87. The summed E-state index contributed by atoms with van der Waals surface area (Å²) < 4.78 is 57.3. The van der Waals surface area contributed by atoms with E-state index in [0.717, 1.165) is 0 Å². The zero-order valence-corrected chi connectivity index (χ0v) is 6.01. The molecule has 1 unspecified atom stereocenters. The Kier molecular flexibility index (Phi) is 3.27. The monoisotopic (exact) mass is 224 g/mol. The summed E-state index contributed by atoms with van der Waals surface area (Å²) in [5, 5.41) is 0. The van der Waals surface area contributed by atoms with E-state index in [1.54, 1.807) is 15.9 Å². The maximum atomic E-state index is 11.8. The highest BCUT2D eigenvalue weighted by molar-refractivity contribution is 9.10. The number of alkyl halides is 4. The summed E-state index contributed by atoms with van der Waals surface area (Å²) in [6.45, 7) is 0. The van der Waals surface area contributed by atoms with Gasteiger partial charge in [-0.2, -0.15) is 17.6 Å². The van der Waals surface area contributed by atoms with Gasteiger partial charge in [0.2, 0.25) is 0 Å². The summed E-state index contributed by atoms with van der Waals surface area (Å²) in [7, 11) is 0. The van der Waals surface area contributed by atoms with Gasteiger partial charge in [0, 0.05) is 6.08 Å². The van der Waals surface area contributed by atoms with E-state index in [2.05, 4.69) is 0 Å². The van der Waals surface area contributed by atoms with Crippen LogP contribution in [0, 0.1) is 0 Å². The minimum atomic E-state index is -3.92. The van der Waals surface area contributed by atoms with Gasteiger partial charge >= 0.3 is 4.83 Å². The predicted molar refractivity (Wildman–Crippen MR) is 29.1 cm³/mol. The lowest BCUT2D eigenvalue weighted by Gasteiger charge is -2.08. The Morgan fingerprint density at radius 1 is 1.40 bits per heavy atom. The maximum absolute atomic E-state index is 11.8. The second-order valence-electron chi connectivity index (χ2n) is 1.40. The zero-order chi connectivity index (χ0) is 8.36. The topological polar surface area (TPSA) is 0 Å². The molecule has 0 rings (SSSR count). The van der Waals surface area contributed by atoms with Gasteiger partial charge in [0.05, 0.1) is 0 Å². The number of halogens is 6. The Morgan fingerprint density at radius 3 is 1.90 bits per heavy atom. The van der Waals surface area contributed by atoms with Gasteiger partial charge in [0.1, 0.15) is 0 Å². The molecule has 0 aliphatic heterocycles. The normalized spacial score (nSPS) is 14.6. The first-order chi connectivity index (χ1) is 4.34. The van der Waals surface area contributed by atoms with Crippen LogP contribution in [0.2, 0.25) is 0 Å². The van der Waals surface area contributed by atoms with Crippen molar-refractivity contribution in [2.45, 2.75) is 11.0 Å². The second kappa shape index (κ2) is 3.32. The van der Waals surface area contributed by atoms with E-state index in [0.29, 0.717) is 0 Å². The minimum absolute atomic E-state index is 0.464. The highest BCUT2D eigenvalue weighted by Crippen LogP contribution is 2.30. The molecular weight excluding hydrogens is 223 g/mol. The zero-order valence-electron chi connectivity index (χ0n) is 4.42. The smallest absolute Gasteiger partial charge is 0.235 e. The third-order valence-electron chi connectivity index (χ3n) is 0.585. The number of hydrogen-bond donors (Lipinski definition) is 0. The fourth-order valence-corrected chi connectivity index (χ4v) is 0.337. The molecule has 0 aromatic carbocycles. The first kappa shape index (κ1) is 9.87. The van der Waals surface area contributed by atoms with Crippen molar-refractivity contribution in [3.05, 3.63) is 12.2 Å². The Morgan fingerprint density at radius 2 is 1.80 bits per heavy atom. The van der Waals surface area contributed by atoms with Crippen molar-refractivity contribution in [1.29, 1.82) is 0 Å². The summed E-state index contributed by atoms with van der Waals surface area (Å²) in [4.78, 5) is -3.92. The summed E-state index contributed by atoms with van der Waals surface area (Å²) in [5.41, 5.74) is 0. The average molecular weight is 225 g/mol. The molecule has 0 aromatic heterocycles. The number of hydrogen-bond acceptors (Lipinski definition) is 0. The molecule has 10 heavy (non-hydrogen) atoms. The molecule has 0 saturated heterocycles. The lowest BCUT2D eigenvalue weighted by molar-refractivity contribution is 0.0437. The summed E-state index contributed by atoms with van der Waals surface area (Å²) >= 11 is 1.59. The van der Waals surface area contributed by atoms with Crippen LogP contribution in [0.1, 0.15) is 0 Å². The molecule has 0 fully saturated rings. The molecule has 0 bridgehead atoms. The van der Waals surface area contributed by atoms with Crippen LogP contribution in [-0.2, 0) is 0 Å². The van der Waals surface area contributed by atoms with Crippen LogP contribution in [0.4, 0.5) is 22.0 Å². The molecule has 0 aliphatic carbocycles. The lowest BCUT2D eigenvalue weighted by atomic mass is 10.4. The van der Waals surface area contributed by atoms with E-state index >= 15 is 0 Å². The number of allylic oxidation sites excluding steroid dienone is 1. The van der Waals surface area contributed by atoms with Crippen molar-refractivity contribution in [2.24, 2.45) is 0 Å². The minimum Gasteiger partial charge on any atom is -0.235 e. The van der Waals surface area contributed by atoms with Crippen LogP contribution < -0.4 is 0 Å². The predicted octanol–water partition coefficient (Wildman–Crippen LogP) is 3.09. The molecule has 0 saturated carbocycles. The Bertz CT molecular complexity index is 133. The quantitative estimate of drug-likeness (QED) is 0.500. The molecule has 0 spiro atoms. The van der Waals surface area contributed by atoms with Crippen molar-refractivity contribution >= 4 is 15.9 Å². The highest BCUT2D eigenvalue weighted by atomic mass is 79.9. The van der Waals surface area contributed by atoms with Crippen LogP contribution in [-0.4, -0.2) is 11.0 Å². The van der Waals surface area contributed by atoms with Gasteiger partial charge < -0.3 is 0 Å². The molecule has 0 amide bonds. The third-order valence-corrected chi connectivity index (χ3v) is 1.02. The molecule has 0 heterocycles. The van der Waals surface area contributed by atoms with Crippen LogP contribution in [0.3, 0.4) is 0 Å². The molecule has 0 aromatic rings. The van der Waals surface area contributed by atoms with Crippen LogP contribution >= 0.6 is 15.9 Å².